The van der Waals surface area contributed by atoms with Gasteiger partial charge in [0.05, 0.1) is 10.6 Å². The van der Waals surface area contributed by atoms with Gasteiger partial charge in [-0.05, 0) is 62.7 Å². The number of sulfonamides is 1. The lowest BCUT2D eigenvalue weighted by molar-refractivity contribution is -0.0435. The maximum atomic E-state index is 13.4. The smallest absolute Gasteiger partial charge is 0.380 e. The Morgan fingerprint density at radius 1 is 1.03 bits per heavy atom. The molecule has 188 valence electrons. The van der Waals surface area contributed by atoms with Crippen molar-refractivity contribution < 1.29 is 30.0 Å². The van der Waals surface area contributed by atoms with E-state index in [0.29, 0.717) is 24.8 Å². The number of halogens is 3. The van der Waals surface area contributed by atoms with E-state index in [2.05, 4.69) is 10.2 Å². The topological polar surface area (TPSA) is 110 Å². The molecule has 0 saturated carbocycles. The fourth-order valence-electron chi connectivity index (χ4n) is 3.62. The summed E-state index contributed by atoms with van der Waals surface area (Å²) in [6.07, 6.45) is 2.72. The van der Waals surface area contributed by atoms with Crippen LogP contribution in [0.3, 0.4) is 0 Å². The second kappa shape index (κ2) is 10.9. The van der Waals surface area contributed by atoms with Gasteiger partial charge in [0.15, 0.2) is 0 Å². The molecule has 0 radical (unpaired) electrons. The number of anilines is 1. The molecule has 2 aromatic rings. The Balaban J connectivity index is 1.92. The van der Waals surface area contributed by atoms with Crippen molar-refractivity contribution >= 4 is 37.3 Å². The van der Waals surface area contributed by atoms with Crippen LogP contribution in [0.25, 0.3) is 0 Å². The molecule has 0 aromatic heterocycles. The molecular formula is C21H26F3N3O4S3. The fraction of sp³-hybridized carbons (Fsp3) is 0.429. The van der Waals surface area contributed by atoms with Gasteiger partial charge in [0.1, 0.15) is 4.90 Å². The normalized spacial score (nSPS) is 16.5. The van der Waals surface area contributed by atoms with E-state index in [1.54, 1.807) is 0 Å². The fourth-order valence-corrected chi connectivity index (χ4v) is 6.18. The van der Waals surface area contributed by atoms with Crippen LogP contribution in [0, 0.1) is 0 Å². The molecule has 1 fully saturated rings. The Hall–Kier alpha value is -1.80. The van der Waals surface area contributed by atoms with Crippen LogP contribution >= 0.6 is 11.8 Å². The van der Waals surface area contributed by atoms with Gasteiger partial charge in [0.2, 0.25) is 10.0 Å². The number of likely N-dealkylation sites (tertiary alicyclic amines) is 1. The molecule has 1 heterocycles. The van der Waals surface area contributed by atoms with E-state index in [1.807, 2.05) is 30.3 Å². The number of nitrogens with zero attached hydrogens (tertiary/aromatic N) is 1. The average Bonchev–Trinajstić information content (AvgIpc) is 3.28. The molecular weight excluding hydrogens is 511 g/mol. The minimum atomic E-state index is -5.83. The van der Waals surface area contributed by atoms with Gasteiger partial charge in [-0.3, -0.25) is 0 Å². The number of alkyl halides is 3. The minimum absolute atomic E-state index is 0.315. The van der Waals surface area contributed by atoms with Crippen LogP contribution in [0.15, 0.2) is 63.2 Å². The minimum Gasteiger partial charge on any atom is -0.380 e. The van der Waals surface area contributed by atoms with Crippen LogP contribution in [-0.4, -0.2) is 58.7 Å². The monoisotopic (exact) mass is 537 g/mol. The summed E-state index contributed by atoms with van der Waals surface area (Å²) in [7, 11) is -10.2. The zero-order chi connectivity index (χ0) is 25.0. The summed E-state index contributed by atoms with van der Waals surface area (Å²) >= 11 is 1.49. The Bertz CT molecular complexity index is 1180. The zero-order valence-electron chi connectivity index (χ0n) is 18.2. The molecule has 0 unspecified atom stereocenters. The molecule has 3 N–H and O–H groups in total. The molecule has 1 saturated heterocycles. The molecule has 2 aromatic carbocycles. The number of benzene rings is 2. The molecule has 3 rings (SSSR count). The van der Waals surface area contributed by atoms with Crippen molar-refractivity contribution in [2.75, 3.05) is 30.7 Å². The Labute approximate surface area is 201 Å². The number of rotatable bonds is 10. The number of sulfone groups is 1. The van der Waals surface area contributed by atoms with E-state index < -0.39 is 35.2 Å². The zero-order valence-corrected chi connectivity index (χ0v) is 20.6. The Kier molecular flexibility index (Phi) is 8.56. The summed E-state index contributed by atoms with van der Waals surface area (Å²) in [5.74, 6) is 0.459. The van der Waals surface area contributed by atoms with Crippen molar-refractivity contribution in [1.82, 2.24) is 4.90 Å². The first-order valence-corrected chi connectivity index (χ1v) is 14.5. The van der Waals surface area contributed by atoms with Gasteiger partial charge in [0.25, 0.3) is 9.84 Å². The van der Waals surface area contributed by atoms with Crippen LogP contribution in [0.1, 0.15) is 19.3 Å². The van der Waals surface area contributed by atoms with Crippen LogP contribution < -0.4 is 10.5 Å². The van der Waals surface area contributed by atoms with E-state index in [-0.39, 0.29) is 11.7 Å². The summed E-state index contributed by atoms with van der Waals surface area (Å²) in [5.41, 5.74) is -5.92. The number of hydrogen-bond acceptors (Lipinski definition) is 7. The van der Waals surface area contributed by atoms with Crippen LogP contribution in [0.5, 0.6) is 0 Å². The molecule has 1 aliphatic heterocycles. The van der Waals surface area contributed by atoms with E-state index in [1.165, 1.54) is 11.8 Å². The summed E-state index contributed by atoms with van der Waals surface area (Å²) in [4.78, 5) is 1.33. The lowest BCUT2D eigenvalue weighted by atomic mass is 10.2. The van der Waals surface area contributed by atoms with Crippen molar-refractivity contribution in [3.8, 4) is 0 Å². The number of nitrogens with one attached hydrogen (secondary N) is 1. The average molecular weight is 538 g/mol. The van der Waals surface area contributed by atoms with Crippen molar-refractivity contribution in [2.45, 2.75) is 45.5 Å². The maximum Gasteiger partial charge on any atom is 0.501 e. The van der Waals surface area contributed by atoms with Crippen LogP contribution in [-0.2, 0) is 19.9 Å². The highest BCUT2D eigenvalue weighted by Crippen LogP contribution is 2.36. The second-order valence-corrected chi connectivity index (χ2v) is 12.5. The highest BCUT2D eigenvalue weighted by Gasteiger charge is 2.48. The van der Waals surface area contributed by atoms with Crippen LogP contribution in [0.4, 0.5) is 18.9 Å². The highest BCUT2D eigenvalue weighted by atomic mass is 32.2. The summed E-state index contributed by atoms with van der Waals surface area (Å²) in [5, 5.41) is 7.96. The standard InChI is InChI=1S/C21H26F3N3O4S3/c22-21(23,24)33(28,29)20-14-18(34(25,30)31)8-9-19(20)26-16(10-13-27-11-4-5-12-27)15-32-17-6-2-1-3-7-17/h1-3,6-9,14,16,26H,4-5,10-13,15H2,(H2,25,30,31)/t16-/m1/s1. The van der Waals surface area contributed by atoms with Gasteiger partial charge < -0.3 is 10.2 Å². The van der Waals surface area contributed by atoms with E-state index in [9.17, 15) is 30.0 Å². The summed E-state index contributed by atoms with van der Waals surface area (Å²) < 4.78 is 88.0. The van der Waals surface area contributed by atoms with Gasteiger partial charge in [-0.1, -0.05) is 18.2 Å². The predicted molar refractivity (Wildman–Crippen MR) is 126 cm³/mol. The predicted octanol–water partition coefficient (Wildman–Crippen LogP) is 3.69. The second-order valence-electron chi connectivity index (χ2n) is 7.95. The van der Waals surface area contributed by atoms with Crippen molar-refractivity contribution in [2.24, 2.45) is 5.14 Å². The third-order valence-electron chi connectivity index (χ3n) is 5.42. The highest BCUT2D eigenvalue weighted by molar-refractivity contribution is 7.99. The lowest BCUT2D eigenvalue weighted by Crippen LogP contribution is -2.31. The SMILES string of the molecule is NS(=O)(=O)c1ccc(N[C@H](CCN2CCCC2)CSc2ccccc2)c(S(=O)(=O)C(F)(F)F)c1. The van der Waals surface area contributed by atoms with Gasteiger partial charge in [-0.2, -0.15) is 13.2 Å². The van der Waals surface area contributed by atoms with E-state index in [0.717, 1.165) is 43.0 Å². The lowest BCUT2D eigenvalue weighted by Gasteiger charge is -2.24. The first kappa shape index (κ1) is 26.8. The number of nitrogens with two attached hydrogens (primary N) is 1. The summed E-state index contributed by atoms with van der Waals surface area (Å²) in [6.45, 7) is 2.58. The van der Waals surface area contributed by atoms with Gasteiger partial charge in [0, 0.05) is 23.2 Å². The number of thioether (sulfide) groups is 1. The van der Waals surface area contributed by atoms with Gasteiger partial charge >= 0.3 is 5.51 Å². The first-order valence-electron chi connectivity index (χ1n) is 10.5. The first-order chi connectivity index (χ1) is 15.9. The quantitative estimate of drug-likeness (QED) is 0.445. The third-order valence-corrected chi connectivity index (χ3v) is 9.03. The molecule has 0 bridgehead atoms. The van der Waals surface area contributed by atoms with Crippen molar-refractivity contribution in [3.05, 3.63) is 48.5 Å². The molecule has 1 aliphatic rings. The molecule has 13 heteroatoms. The van der Waals surface area contributed by atoms with Crippen molar-refractivity contribution in [3.63, 3.8) is 0 Å². The molecule has 0 spiro atoms. The number of primary sulfonamides is 1. The molecule has 34 heavy (non-hydrogen) atoms. The van der Waals surface area contributed by atoms with E-state index in [4.69, 9.17) is 5.14 Å². The number of hydrogen-bond donors (Lipinski definition) is 2. The largest absolute Gasteiger partial charge is 0.501 e. The molecule has 7 nitrogen and oxygen atoms in total. The van der Waals surface area contributed by atoms with Gasteiger partial charge in [-0.15, -0.1) is 11.8 Å². The van der Waals surface area contributed by atoms with Crippen LogP contribution in [0.2, 0.25) is 0 Å². The van der Waals surface area contributed by atoms with Gasteiger partial charge in [-0.25, -0.2) is 22.0 Å². The molecule has 0 aliphatic carbocycles. The Morgan fingerprint density at radius 2 is 1.68 bits per heavy atom. The maximum absolute atomic E-state index is 13.4. The summed E-state index contributed by atoms with van der Waals surface area (Å²) in [6, 6.07) is 11.5. The molecule has 1 atom stereocenters. The van der Waals surface area contributed by atoms with Crippen molar-refractivity contribution in [1.29, 1.82) is 0 Å². The Morgan fingerprint density at radius 3 is 2.26 bits per heavy atom. The third kappa shape index (κ3) is 6.87. The molecule has 0 amide bonds. The van der Waals surface area contributed by atoms with E-state index >= 15 is 0 Å².